The van der Waals surface area contributed by atoms with Crippen LogP contribution >= 0.6 is 0 Å². The molecule has 0 aromatic carbocycles. The molecule has 2 unspecified atom stereocenters. The fraction of sp³-hybridized carbons (Fsp3) is 0.875. The molecule has 1 saturated heterocycles. The zero-order valence-electron chi connectivity index (χ0n) is 13.3. The zero-order chi connectivity index (χ0) is 15.2. The van der Waals surface area contributed by atoms with Crippen LogP contribution in [0.4, 0.5) is 0 Å². The van der Waals surface area contributed by atoms with Gasteiger partial charge in [-0.05, 0) is 18.8 Å². The van der Waals surface area contributed by atoms with Gasteiger partial charge in [0.1, 0.15) is 0 Å². The molecule has 1 heterocycles. The van der Waals surface area contributed by atoms with Crippen molar-refractivity contribution in [2.24, 2.45) is 11.8 Å². The molecule has 2 fully saturated rings. The number of hydrogen-bond donors (Lipinski definition) is 1. The highest BCUT2D eigenvalue weighted by molar-refractivity contribution is 5.79. The SMILES string of the molecule is COC(=O)C1CN(CC(=O)NC2CCCCCC2)CC1C. The van der Waals surface area contributed by atoms with Crippen LogP contribution < -0.4 is 5.32 Å². The topological polar surface area (TPSA) is 58.6 Å². The lowest BCUT2D eigenvalue weighted by atomic mass is 9.99. The molecule has 1 N–H and O–H groups in total. The van der Waals surface area contributed by atoms with Crippen molar-refractivity contribution >= 4 is 11.9 Å². The number of amides is 1. The van der Waals surface area contributed by atoms with E-state index in [1.54, 1.807) is 0 Å². The summed E-state index contributed by atoms with van der Waals surface area (Å²) in [6.45, 7) is 3.86. The number of rotatable bonds is 4. The molecule has 2 aliphatic rings. The molecule has 21 heavy (non-hydrogen) atoms. The van der Waals surface area contributed by atoms with Gasteiger partial charge in [0.2, 0.25) is 5.91 Å². The summed E-state index contributed by atoms with van der Waals surface area (Å²) in [6.07, 6.45) is 7.22. The summed E-state index contributed by atoms with van der Waals surface area (Å²) in [7, 11) is 1.43. The zero-order valence-corrected chi connectivity index (χ0v) is 13.3. The maximum absolute atomic E-state index is 12.2. The van der Waals surface area contributed by atoms with E-state index in [9.17, 15) is 9.59 Å². The molecule has 120 valence electrons. The maximum Gasteiger partial charge on any atom is 0.310 e. The Morgan fingerprint density at radius 3 is 2.43 bits per heavy atom. The van der Waals surface area contributed by atoms with Gasteiger partial charge in [0, 0.05) is 19.1 Å². The number of hydrogen-bond acceptors (Lipinski definition) is 4. The minimum absolute atomic E-state index is 0.0966. The van der Waals surface area contributed by atoms with Gasteiger partial charge in [-0.25, -0.2) is 0 Å². The molecular weight excluding hydrogens is 268 g/mol. The molecule has 5 heteroatoms. The van der Waals surface area contributed by atoms with Crippen LogP contribution in [0.5, 0.6) is 0 Å². The van der Waals surface area contributed by atoms with E-state index >= 15 is 0 Å². The Hall–Kier alpha value is -1.10. The number of likely N-dealkylation sites (tertiary alicyclic amines) is 1. The van der Waals surface area contributed by atoms with E-state index in [0.29, 0.717) is 19.1 Å². The Balaban J connectivity index is 1.76. The molecule has 5 nitrogen and oxygen atoms in total. The lowest BCUT2D eigenvalue weighted by Crippen LogP contribution is -2.41. The van der Waals surface area contributed by atoms with Crippen LogP contribution in [0, 0.1) is 11.8 Å². The number of ether oxygens (including phenoxy) is 1. The molecular formula is C16H28N2O3. The summed E-state index contributed by atoms with van der Waals surface area (Å²) < 4.78 is 4.83. The van der Waals surface area contributed by atoms with Gasteiger partial charge in [0.05, 0.1) is 19.6 Å². The third-order valence-corrected chi connectivity index (χ3v) is 4.78. The molecule has 0 aromatic rings. The predicted octanol–water partition coefficient (Wildman–Crippen LogP) is 1.57. The largest absolute Gasteiger partial charge is 0.469 e. The fourth-order valence-corrected chi connectivity index (χ4v) is 3.55. The number of carbonyl (C=O) groups is 2. The number of carbonyl (C=O) groups excluding carboxylic acids is 2. The molecule has 1 amide bonds. The smallest absolute Gasteiger partial charge is 0.310 e. The highest BCUT2D eigenvalue weighted by Gasteiger charge is 2.36. The maximum atomic E-state index is 12.2. The van der Waals surface area contributed by atoms with E-state index in [1.165, 1.54) is 32.8 Å². The second kappa shape index (κ2) is 7.78. The number of nitrogens with one attached hydrogen (secondary N) is 1. The average molecular weight is 296 g/mol. The van der Waals surface area contributed by atoms with Gasteiger partial charge in [-0.2, -0.15) is 0 Å². The molecule has 1 aliphatic heterocycles. The van der Waals surface area contributed by atoms with Crippen molar-refractivity contribution in [3.05, 3.63) is 0 Å². The first kappa shape index (κ1) is 16.3. The highest BCUT2D eigenvalue weighted by atomic mass is 16.5. The monoisotopic (exact) mass is 296 g/mol. The van der Waals surface area contributed by atoms with Crippen molar-refractivity contribution in [2.75, 3.05) is 26.7 Å². The summed E-state index contributed by atoms with van der Waals surface area (Å²) in [6, 6.07) is 0.344. The van der Waals surface area contributed by atoms with Crippen molar-refractivity contribution in [3.63, 3.8) is 0 Å². The van der Waals surface area contributed by atoms with Crippen LogP contribution in [-0.2, 0) is 14.3 Å². The van der Waals surface area contributed by atoms with Gasteiger partial charge in [-0.1, -0.05) is 32.6 Å². The lowest BCUT2D eigenvalue weighted by molar-refractivity contribution is -0.146. The normalized spacial score (nSPS) is 28.1. The molecule has 2 rings (SSSR count). The molecule has 1 saturated carbocycles. The van der Waals surface area contributed by atoms with E-state index in [1.807, 2.05) is 6.92 Å². The first-order valence-corrected chi connectivity index (χ1v) is 8.19. The summed E-state index contributed by atoms with van der Waals surface area (Å²) in [5.41, 5.74) is 0. The second-order valence-corrected chi connectivity index (χ2v) is 6.56. The molecule has 1 aliphatic carbocycles. The molecule has 2 atom stereocenters. The summed E-state index contributed by atoms with van der Waals surface area (Å²) in [5.74, 6) is 0.0950. The number of esters is 1. The van der Waals surface area contributed by atoms with Gasteiger partial charge in [-0.3, -0.25) is 14.5 Å². The number of nitrogens with zero attached hydrogens (tertiary/aromatic N) is 1. The Morgan fingerprint density at radius 1 is 1.14 bits per heavy atom. The third-order valence-electron chi connectivity index (χ3n) is 4.78. The van der Waals surface area contributed by atoms with E-state index in [4.69, 9.17) is 4.74 Å². The molecule has 0 spiro atoms. The van der Waals surface area contributed by atoms with Gasteiger partial charge in [-0.15, -0.1) is 0 Å². The van der Waals surface area contributed by atoms with E-state index < -0.39 is 0 Å². The van der Waals surface area contributed by atoms with Crippen LogP contribution in [0.15, 0.2) is 0 Å². The Kier molecular flexibility index (Phi) is 6.03. The fourth-order valence-electron chi connectivity index (χ4n) is 3.55. The molecule has 0 aromatic heterocycles. The molecule has 0 radical (unpaired) electrons. The highest BCUT2D eigenvalue weighted by Crippen LogP contribution is 2.24. The number of methoxy groups -OCH3 is 1. The van der Waals surface area contributed by atoms with Gasteiger partial charge < -0.3 is 10.1 Å². The predicted molar refractivity (Wildman–Crippen MR) is 80.7 cm³/mol. The van der Waals surface area contributed by atoms with Crippen molar-refractivity contribution in [3.8, 4) is 0 Å². The summed E-state index contributed by atoms with van der Waals surface area (Å²) in [4.78, 5) is 25.9. The Bertz CT molecular complexity index is 365. The van der Waals surface area contributed by atoms with Crippen molar-refractivity contribution in [1.29, 1.82) is 0 Å². The van der Waals surface area contributed by atoms with Crippen molar-refractivity contribution < 1.29 is 14.3 Å². The minimum Gasteiger partial charge on any atom is -0.469 e. The van der Waals surface area contributed by atoms with Crippen LogP contribution in [0.2, 0.25) is 0 Å². The van der Waals surface area contributed by atoms with Crippen molar-refractivity contribution in [2.45, 2.75) is 51.5 Å². The standard InChI is InChI=1S/C16H28N2O3/c1-12-9-18(10-14(12)16(20)21-2)11-15(19)17-13-7-5-3-4-6-8-13/h12-14H,3-11H2,1-2H3,(H,17,19). The van der Waals surface area contributed by atoms with Crippen LogP contribution in [0.3, 0.4) is 0 Å². The summed E-state index contributed by atoms with van der Waals surface area (Å²) >= 11 is 0. The van der Waals surface area contributed by atoms with Gasteiger partial charge in [0.25, 0.3) is 0 Å². The average Bonchev–Trinajstić information content (AvgIpc) is 2.65. The molecule has 0 bridgehead atoms. The first-order chi connectivity index (χ1) is 10.1. The van der Waals surface area contributed by atoms with Crippen molar-refractivity contribution in [1.82, 2.24) is 10.2 Å². The van der Waals surface area contributed by atoms with E-state index in [0.717, 1.165) is 19.4 Å². The van der Waals surface area contributed by atoms with Crippen LogP contribution in [0.1, 0.15) is 45.4 Å². The van der Waals surface area contributed by atoms with E-state index in [2.05, 4.69) is 10.2 Å². The first-order valence-electron chi connectivity index (χ1n) is 8.19. The minimum atomic E-state index is -0.158. The van der Waals surface area contributed by atoms with Gasteiger partial charge >= 0.3 is 5.97 Å². The third kappa shape index (κ3) is 4.70. The van der Waals surface area contributed by atoms with Gasteiger partial charge in [0.15, 0.2) is 0 Å². The Labute approximate surface area is 127 Å². The van der Waals surface area contributed by atoms with Crippen LogP contribution in [-0.4, -0.2) is 49.6 Å². The summed E-state index contributed by atoms with van der Waals surface area (Å²) in [5, 5.41) is 3.16. The quantitative estimate of drug-likeness (QED) is 0.632. The second-order valence-electron chi connectivity index (χ2n) is 6.56. The van der Waals surface area contributed by atoms with E-state index in [-0.39, 0.29) is 23.7 Å². The lowest BCUT2D eigenvalue weighted by Gasteiger charge is -2.19. The van der Waals surface area contributed by atoms with Crippen LogP contribution in [0.25, 0.3) is 0 Å². The Morgan fingerprint density at radius 2 is 1.81 bits per heavy atom.